The number of nitrogens with zero attached hydrogens (tertiary/aromatic N) is 1. The molecule has 3 saturated heterocycles. The first-order chi connectivity index (χ1) is 17.1. The fourth-order valence-electron chi connectivity index (χ4n) is 6.99. The van der Waals surface area contributed by atoms with Crippen LogP contribution >= 0.6 is 0 Å². The first-order valence-electron chi connectivity index (χ1n) is 14.0. The summed E-state index contributed by atoms with van der Waals surface area (Å²) in [5, 5.41) is 14.1. The number of carbonyl (C=O) groups excluding carboxylic acids is 1. The number of carbonyl (C=O) groups is 1. The molecule has 10 nitrogen and oxygen atoms in total. The fourth-order valence-corrected chi connectivity index (χ4v) is 6.99. The summed E-state index contributed by atoms with van der Waals surface area (Å²) in [6.07, 6.45) is 10.4. The second kappa shape index (κ2) is 12.1. The monoisotopic (exact) mass is 493 g/mol. The van der Waals surface area contributed by atoms with Crippen molar-refractivity contribution in [2.24, 2.45) is 11.8 Å². The molecule has 2 saturated carbocycles. The molecule has 3 aliphatic heterocycles. The summed E-state index contributed by atoms with van der Waals surface area (Å²) in [6, 6.07) is 1.08. The largest absolute Gasteiger partial charge is 0.381 e. The number of rotatable bonds is 7. The van der Waals surface area contributed by atoms with Crippen molar-refractivity contribution in [3.05, 3.63) is 0 Å². The van der Waals surface area contributed by atoms with Crippen LogP contribution in [0.1, 0.15) is 57.8 Å². The van der Waals surface area contributed by atoms with Crippen LogP contribution in [-0.2, 0) is 14.3 Å². The van der Waals surface area contributed by atoms with Gasteiger partial charge < -0.3 is 25.4 Å². The van der Waals surface area contributed by atoms with Crippen LogP contribution in [-0.4, -0.2) is 94.0 Å². The molecule has 2 aliphatic carbocycles. The lowest BCUT2D eigenvalue weighted by Gasteiger charge is -2.44. The Balaban J connectivity index is 1.07. The molecule has 6 N–H and O–H groups in total. The van der Waals surface area contributed by atoms with Crippen molar-refractivity contribution in [1.29, 1.82) is 0 Å². The van der Waals surface area contributed by atoms with E-state index in [9.17, 15) is 4.79 Å². The highest BCUT2D eigenvalue weighted by molar-refractivity contribution is 5.79. The van der Waals surface area contributed by atoms with Gasteiger partial charge in [0.15, 0.2) is 0 Å². The van der Waals surface area contributed by atoms with E-state index in [0.717, 1.165) is 84.2 Å². The van der Waals surface area contributed by atoms with E-state index < -0.39 is 0 Å². The maximum absolute atomic E-state index is 13.3. The molecule has 5 aliphatic rings. The Morgan fingerprint density at radius 3 is 2.86 bits per heavy atom. The van der Waals surface area contributed by atoms with Crippen LogP contribution in [0.3, 0.4) is 0 Å². The van der Waals surface area contributed by atoms with Gasteiger partial charge in [0.25, 0.3) is 0 Å². The maximum Gasteiger partial charge on any atom is 0.223 e. The van der Waals surface area contributed by atoms with Gasteiger partial charge in [0, 0.05) is 63.3 Å². The summed E-state index contributed by atoms with van der Waals surface area (Å²) >= 11 is 0. The SMILES string of the molecule is COC1CCC2C(C1)OCC[C@H]2NC(=O)C1CCCC(NCC2NNC(C3CCNCN3)N2C)C1. The third-order valence-electron chi connectivity index (χ3n) is 9.21. The molecule has 0 aromatic rings. The molecule has 0 bridgehead atoms. The Kier molecular flexibility index (Phi) is 8.94. The highest BCUT2D eigenvalue weighted by Gasteiger charge is 2.41. The third-order valence-corrected chi connectivity index (χ3v) is 9.21. The van der Waals surface area contributed by atoms with Crippen molar-refractivity contribution in [3.8, 4) is 0 Å². The first-order valence-corrected chi connectivity index (χ1v) is 14.0. The average molecular weight is 494 g/mol. The molecule has 1 amide bonds. The Morgan fingerprint density at radius 1 is 1.11 bits per heavy atom. The zero-order valence-corrected chi connectivity index (χ0v) is 21.6. The molecular formula is C25H47N7O3. The van der Waals surface area contributed by atoms with Crippen LogP contribution in [0.15, 0.2) is 0 Å². The van der Waals surface area contributed by atoms with Crippen LogP contribution in [0, 0.1) is 11.8 Å². The Bertz CT molecular complexity index is 694. The fraction of sp³-hybridized carbons (Fsp3) is 0.960. The summed E-state index contributed by atoms with van der Waals surface area (Å²) in [7, 11) is 3.98. The molecule has 0 aromatic heterocycles. The van der Waals surface area contributed by atoms with Crippen molar-refractivity contribution >= 4 is 5.91 Å². The second-order valence-corrected chi connectivity index (χ2v) is 11.3. The van der Waals surface area contributed by atoms with Gasteiger partial charge in [0.05, 0.1) is 24.5 Å². The van der Waals surface area contributed by atoms with E-state index in [0.29, 0.717) is 24.1 Å². The summed E-state index contributed by atoms with van der Waals surface area (Å²) in [5.74, 6) is 0.790. The third kappa shape index (κ3) is 6.18. The zero-order valence-electron chi connectivity index (χ0n) is 21.6. The highest BCUT2D eigenvalue weighted by atomic mass is 16.5. The molecule has 0 aromatic carbocycles. The van der Waals surface area contributed by atoms with Gasteiger partial charge in [-0.25, -0.2) is 10.9 Å². The first kappa shape index (κ1) is 25.8. The van der Waals surface area contributed by atoms with Crippen molar-refractivity contribution in [2.45, 2.75) is 100 Å². The van der Waals surface area contributed by atoms with E-state index in [4.69, 9.17) is 9.47 Å². The quantitative estimate of drug-likeness (QED) is 0.288. The smallest absolute Gasteiger partial charge is 0.223 e. The number of likely N-dealkylation sites (N-methyl/N-ethyl adjacent to an activating group) is 1. The lowest BCUT2D eigenvalue weighted by molar-refractivity contribution is -0.132. The van der Waals surface area contributed by atoms with Gasteiger partial charge in [-0.15, -0.1) is 0 Å². The van der Waals surface area contributed by atoms with Crippen molar-refractivity contribution in [2.75, 3.05) is 40.5 Å². The topological polar surface area (TPSA) is 111 Å². The molecule has 8 unspecified atom stereocenters. The van der Waals surface area contributed by atoms with Gasteiger partial charge >= 0.3 is 0 Å². The zero-order chi connectivity index (χ0) is 24.2. The van der Waals surface area contributed by atoms with Crippen LogP contribution < -0.4 is 32.1 Å². The summed E-state index contributed by atoms with van der Waals surface area (Å²) in [4.78, 5) is 15.7. The lowest BCUT2D eigenvalue weighted by Crippen LogP contribution is -2.58. The molecule has 35 heavy (non-hydrogen) atoms. The lowest BCUT2D eigenvalue weighted by atomic mass is 9.77. The molecule has 3 heterocycles. The second-order valence-electron chi connectivity index (χ2n) is 11.3. The van der Waals surface area contributed by atoms with Gasteiger partial charge in [-0.3, -0.25) is 15.0 Å². The standard InChI is InChI=1S/C25H47N7O3/c1-32-23(30-31-24(32)21-8-10-26-15-28-21)14-27-17-5-3-4-16(12-17)25(33)29-20-9-11-35-22-13-18(34-2)6-7-19(20)22/h16-24,26-28,30-31H,3-15H2,1-2H3,(H,29,33)/t16?,17?,18?,19?,20-,21?,22?,23?,24?/m1/s1. The maximum atomic E-state index is 13.3. The van der Waals surface area contributed by atoms with Gasteiger partial charge in [0.1, 0.15) is 0 Å². The van der Waals surface area contributed by atoms with Crippen LogP contribution in [0.4, 0.5) is 0 Å². The Morgan fingerprint density at radius 2 is 2.03 bits per heavy atom. The van der Waals surface area contributed by atoms with Crippen molar-refractivity contribution in [3.63, 3.8) is 0 Å². The van der Waals surface area contributed by atoms with E-state index in [-0.39, 0.29) is 36.3 Å². The number of nitrogens with one attached hydrogen (secondary N) is 6. The summed E-state index contributed by atoms with van der Waals surface area (Å²) < 4.78 is 11.6. The molecule has 0 spiro atoms. The van der Waals surface area contributed by atoms with Crippen LogP contribution in [0.25, 0.3) is 0 Å². The number of fused-ring (bicyclic) bond motifs is 1. The number of methoxy groups -OCH3 is 1. The number of ether oxygens (including phenoxy) is 2. The number of hydrazine groups is 1. The van der Waals surface area contributed by atoms with E-state index in [2.05, 4.69) is 44.1 Å². The molecule has 0 radical (unpaired) electrons. The summed E-state index contributed by atoms with van der Waals surface area (Å²) in [6.45, 7) is 3.53. The van der Waals surface area contributed by atoms with E-state index in [1.54, 1.807) is 7.11 Å². The van der Waals surface area contributed by atoms with Gasteiger partial charge in [-0.05, 0) is 58.5 Å². The number of amides is 1. The molecule has 5 rings (SSSR count). The Hall–Kier alpha value is -0.850. The van der Waals surface area contributed by atoms with Crippen molar-refractivity contribution in [1.82, 2.24) is 37.0 Å². The molecule has 200 valence electrons. The van der Waals surface area contributed by atoms with Crippen LogP contribution in [0.5, 0.6) is 0 Å². The normalized spacial score (nSPS) is 43.0. The number of hydrogen-bond acceptors (Lipinski definition) is 9. The Labute approximate surface area is 210 Å². The van der Waals surface area contributed by atoms with Gasteiger partial charge in [-0.2, -0.15) is 0 Å². The van der Waals surface area contributed by atoms with Crippen LogP contribution in [0.2, 0.25) is 0 Å². The van der Waals surface area contributed by atoms with E-state index in [1.807, 2.05) is 0 Å². The van der Waals surface area contributed by atoms with Crippen molar-refractivity contribution < 1.29 is 14.3 Å². The number of hydrogen-bond donors (Lipinski definition) is 6. The minimum atomic E-state index is 0.108. The van der Waals surface area contributed by atoms with Gasteiger partial charge in [-0.1, -0.05) is 6.42 Å². The van der Waals surface area contributed by atoms with E-state index >= 15 is 0 Å². The predicted molar refractivity (Wildman–Crippen MR) is 134 cm³/mol. The molecule has 5 fully saturated rings. The van der Waals surface area contributed by atoms with E-state index in [1.165, 1.54) is 0 Å². The molecular weight excluding hydrogens is 446 g/mol. The molecule has 9 atom stereocenters. The highest BCUT2D eigenvalue weighted by Crippen LogP contribution is 2.35. The molecule has 10 heteroatoms. The van der Waals surface area contributed by atoms with Gasteiger partial charge in [0.2, 0.25) is 5.91 Å². The average Bonchev–Trinajstić information content (AvgIpc) is 3.28. The minimum Gasteiger partial charge on any atom is -0.381 e. The predicted octanol–water partition coefficient (Wildman–Crippen LogP) is -0.176. The minimum absolute atomic E-state index is 0.108. The summed E-state index contributed by atoms with van der Waals surface area (Å²) in [5.41, 5.74) is 6.95.